The van der Waals surface area contributed by atoms with Crippen LogP contribution in [0.3, 0.4) is 0 Å². The van der Waals surface area contributed by atoms with Crippen LogP contribution in [0.1, 0.15) is 75.1 Å². The fraction of sp³-hybridized carbons (Fsp3) is 0.577. The van der Waals surface area contributed by atoms with Gasteiger partial charge in [0.2, 0.25) is 5.95 Å². The Labute approximate surface area is 197 Å². The fourth-order valence-electron chi connectivity index (χ4n) is 5.36. The molecule has 0 radical (unpaired) electrons. The Hall–Kier alpha value is -2.83. The summed E-state index contributed by atoms with van der Waals surface area (Å²) < 4.78 is 0. The minimum atomic E-state index is -0.367. The molecule has 1 heterocycles. The molecule has 2 amide bonds. The van der Waals surface area contributed by atoms with Crippen molar-refractivity contribution in [2.75, 3.05) is 29.2 Å². The van der Waals surface area contributed by atoms with Crippen LogP contribution in [0.5, 0.6) is 0 Å². The number of rotatable bonds is 6. The largest absolute Gasteiger partial charge is 0.362 e. The first-order valence-corrected chi connectivity index (χ1v) is 12.4. The molecule has 0 spiro atoms. The third-order valence-corrected chi connectivity index (χ3v) is 7.04. The third kappa shape index (κ3) is 5.07. The van der Waals surface area contributed by atoms with Crippen molar-refractivity contribution in [2.45, 2.75) is 83.2 Å². The highest BCUT2D eigenvalue weighted by Crippen LogP contribution is 2.34. The SMILES string of the molecule is CC(C)c1ccccc1N(C(N)=O)C1CCC(Nc2nc3c(c(N(C)C)n2)CCCC3)CC1. The first-order chi connectivity index (χ1) is 15.8. The topological polar surface area (TPSA) is 87.4 Å². The van der Waals surface area contributed by atoms with E-state index in [2.05, 4.69) is 44.2 Å². The van der Waals surface area contributed by atoms with Gasteiger partial charge in [-0.3, -0.25) is 4.90 Å². The Balaban J connectivity index is 1.47. The molecule has 0 saturated heterocycles. The third-order valence-electron chi connectivity index (χ3n) is 7.04. The van der Waals surface area contributed by atoms with Crippen molar-refractivity contribution in [2.24, 2.45) is 5.73 Å². The first-order valence-electron chi connectivity index (χ1n) is 12.4. The van der Waals surface area contributed by atoms with Gasteiger partial charge in [0.15, 0.2) is 0 Å². The average Bonchev–Trinajstić information content (AvgIpc) is 2.80. The second-order valence-corrected chi connectivity index (χ2v) is 9.97. The van der Waals surface area contributed by atoms with Gasteiger partial charge in [-0.2, -0.15) is 4.98 Å². The molecule has 0 bridgehead atoms. The molecular formula is C26H38N6O. The number of carbonyl (C=O) groups is 1. The van der Waals surface area contributed by atoms with E-state index in [4.69, 9.17) is 15.7 Å². The number of para-hydroxylation sites is 1. The summed E-state index contributed by atoms with van der Waals surface area (Å²) in [6, 6.07) is 8.18. The van der Waals surface area contributed by atoms with Crippen molar-refractivity contribution in [1.29, 1.82) is 0 Å². The zero-order valence-electron chi connectivity index (χ0n) is 20.5. The van der Waals surface area contributed by atoms with Crippen LogP contribution in [-0.4, -0.2) is 42.2 Å². The molecule has 1 saturated carbocycles. The number of hydrogen-bond acceptors (Lipinski definition) is 5. The molecule has 1 aromatic heterocycles. The van der Waals surface area contributed by atoms with Gasteiger partial charge in [-0.1, -0.05) is 32.0 Å². The Morgan fingerprint density at radius 2 is 1.76 bits per heavy atom. The van der Waals surface area contributed by atoms with Gasteiger partial charge in [-0.05, 0) is 68.9 Å². The van der Waals surface area contributed by atoms with E-state index in [1.807, 2.05) is 23.1 Å². The van der Waals surface area contributed by atoms with Crippen LogP contribution in [-0.2, 0) is 12.8 Å². The van der Waals surface area contributed by atoms with Gasteiger partial charge in [-0.25, -0.2) is 9.78 Å². The second kappa shape index (κ2) is 9.98. The second-order valence-electron chi connectivity index (χ2n) is 9.97. The lowest BCUT2D eigenvalue weighted by atomic mass is 9.89. The Bertz CT molecular complexity index is 981. The fourth-order valence-corrected chi connectivity index (χ4v) is 5.36. The number of nitrogens with one attached hydrogen (secondary N) is 1. The van der Waals surface area contributed by atoms with E-state index in [-0.39, 0.29) is 12.1 Å². The number of urea groups is 1. The smallest absolute Gasteiger partial charge is 0.319 e. The van der Waals surface area contributed by atoms with Gasteiger partial charge in [0.25, 0.3) is 0 Å². The summed E-state index contributed by atoms with van der Waals surface area (Å²) in [5, 5.41) is 3.60. The number of amides is 2. The maximum Gasteiger partial charge on any atom is 0.319 e. The van der Waals surface area contributed by atoms with Crippen LogP contribution in [0.4, 0.5) is 22.2 Å². The molecule has 0 unspecified atom stereocenters. The van der Waals surface area contributed by atoms with Crippen LogP contribution < -0.4 is 20.9 Å². The minimum Gasteiger partial charge on any atom is -0.362 e. The summed E-state index contributed by atoms with van der Waals surface area (Å²) in [6.45, 7) is 4.30. The molecule has 2 aliphatic carbocycles. The average molecular weight is 451 g/mol. The van der Waals surface area contributed by atoms with E-state index in [1.54, 1.807) is 0 Å². The highest BCUT2D eigenvalue weighted by molar-refractivity contribution is 5.92. The molecular weight excluding hydrogens is 412 g/mol. The van der Waals surface area contributed by atoms with Gasteiger partial charge >= 0.3 is 6.03 Å². The Morgan fingerprint density at radius 1 is 1.06 bits per heavy atom. The standard InChI is InChI=1S/C26H38N6O/c1-17(2)20-9-6-8-12-23(20)32(25(27)33)19-15-13-18(14-16-19)28-26-29-22-11-7-5-10-21(22)24(30-26)31(3)4/h6,8-9,12,17-19H,5,7,10-11,13-16H2,1-4H3,(H2,27,33)(H,28,29,30). The number of nitrogens with zero attached hydrogens (tertiary/aromatic N) is 4. The molecule has 1 fully saturated rings. The van der Waals surface area contributed by atoms with Crippen LogP contribution in [0.25, 0.3) is 0 Å². The van der Waals surface area contributed by atoms with Gasteiger partial charge in [0, 0.05) is 37.4 Å². The van der Waals surface area contributed by atoms with Crippen LogP contribution in [0.2, 0.25) is 0 Å². The number of carbonyl (C=O) groups excluding carboxylic acids is 1. The summed E-state index contributed by atoms with van der Waals surface area (Å²) in [7, 11) is 4.11. The normalized spacial score (nSPS) is 20.3. The van der Waals surface area contributed by atoms with E-state index in [1.165, 1.54) is 24.1 Å². The number of aryl methyl sites for hydroxylation is 1. The monoisotopic (exact) mass is 450 g/mol. The summed E-state index contributed by atoms with van der Waals surface area (Å²) in [6.07, 6.45) is 8.22. The first kappa shape index (κ1) is 23.3. The van der Waals surface area contributed by atoms with Gasteiger partial charge in [-0.15, -0.1) is 0 Å². The zero-order chi connectivity index (χ0) is 23.5. The molecule has 4 rings (SSSR count). The summed E-state index contributed by atoms with van der Waals surface area (Å²) in [5.41, 5.74) is 10.5. The number of benzene rings is 1. The lowest BCUT2D eigenvalue weighted by Gasteiger charge is -2.37. The number of aromatic nitrogens is 2. The number of hydrogen-bond donors (Lipinski definition) is 2. The molecule has 1 aromatic carbocycles. The lowest BCUT2D eigenvalue weighted by molar-refractivity contribution is 0.248. The van der Waals surface area contributed by atoms with Crippen molar-refractivity contribution in [3.05, 3.63) is 41.1 Å². The van der Waals surface area contributed by atoms with E-state index in [0.29, 0.717) is 12.0 Å². The highest BCUT2D eigenvalue weighted by Gasteiger charge is 2.31. The van der Waals surface area contributed by atoms with Crippen LogP contribution in [0.15, 0.2) is 24.3 Å². The van der Waals surface area contributed by atoms with Crippen LogP contribution >= 0.6 is 0 Å². The van der Waals surface area contributed by atoms with Gasteiger partial charge in [0.1, 0.15) is 5.82 Å². The van der Waals surface area contributed by atoms with Gasteiger partial charge < -0.3 is 16.0 Å². The summed E-state index contributed by atoms with van der Waals surface area (Å²) in [5.74, 6) is 2.11. The Kier molecular flexibility index (Phi) is 7.05. The molecule has 7 heteroatoms. The van der Waals surface area contributed by atoms with Crippen molar-refractivity contribution < 1.29 is 4.79 Å². The van der Waals surface area contributed by atoms with E-state index in [9.17, 15) is 4.79 Å². The summed E-state index contributed by atoms with van der Waals surface area (Å²) >= 11 is 0. The van der Waals surface area contributed by atoms with Gasteiger partial charge in [0.05, 0.1) is 5.69 Å². The zero-order valence-corrected chi connectivity index (χ0v) is 20.5. The number of primary amides is 1. The molecule has 0 atom stereocenters. The van der Waals surface area contributed by atoms with Crippen molar-refractivity contribution in [1.82, 2.24) is 9.97 Å². The molecule has 2 aromatic rings. The Morgan fingerprint density at radius 3 is 2.42 bits per heavy atom. The molecule has 33 heavy (non-hydrogen) atoms. The quantitative estimate of drug-likeness (QED) is 0.657. The predicted molar refractivity (Wildman–Crippen MR) is 135 cm³/mol. The van der Waals surface area contributed by atoms with E-state index >= 15 is 0 Å². The molecule has 7 nitrogen and oxygen atoms in total. The van der Waals surface area contributed by atoms with Crippen molar-refractivity contribution >= 4 is 23.5 Å². The molecule has 2 aliphatic rings. The number of nitrogens with two attached hydrogens (primary N) is 1. The van der Waals surface area contributed by atoms with E-state index in [0.717, 1.165) is 61.5 Å². The maximum absolute atomic E-state index is 12.5. The van der Waals surface area contributed by atoms with Crippen LogP contribution in [0, 0.1) is 0 Å². The molecule has 0 aliphatic heterocycles. The molecule has 3 N–H and O–H groups in total. The summed E-state index contributed by atoms with van der Waals surface area (Å²) in [4.78, 5) is 26.2. The number of fused-ring (bicyclic) bond motifs is 1. The number of anilines is 3. The van der Waals surface area contributed by atoms with Crippen molar-refractivity contribution in [3.8, 4) is 0 Å². The van der Waals surface area contributed by atoms with Crippen molar-refractivity contribution in [3.63, 3.8) is 0 Å². The lowest BCUT2D eigenvalue weighted by Crippen LogP contribution is -2.47. The minimum absolute atomic E-state index is 0.113. The maximum atomic E-state index is 12.5. The molecule has 178 valence electrons. The van der Waals surface area contributed by atoms with E-state index < -0.39 is 0 Å². The predicted octanol–water partition coefficient (Wildman–Crippen LogP) is 4.85. The highest BCUT2D eigenvalue weighted by atomic mass is 16.2.